The summed E-state index contributed by atoms with van der Waals surface area (Å²) in [7, 11) is 0. The van der Waals surface area contributed by atoms with E-state index in [0.29, 0.717) is 5.28 Å². The molecule has 86 valence electrons. The molecule has 1 aromatic rings. The fourth-order valence-electron chi connectivity index (χ4n) is 1.42. The van der Waals surface area contributed by atoms with Gasteiger partial charge in [0.05, 0.1) is 0 Å². The first-order valence-electron chi connectivity index (χ1n) is 5.57. The molecule has 0 aliphatic carbocycles. The summed E-state index contributed by atoms with van der Waals surface area (Å²) in [4.78, 5) is 0. The topological polar surface area (TPSA) is 30.7 Å². The number of hydrogen-bond donors (Lipinski definition) is 0. The third-order valence-electron chi connectivity index (χ3n) is 2.80. The maximum atomic E-state index is 6.03. The molecule has 3 nitrogen and oxygen atoms in total. The smallest absolute Gasteiger partial charge is 0.225 e. The second kappa shape index (κ2) is 4.97. The van der Waals surface area contributed by atoms with E-state index >= 15 is 0 Å². The van der Waals surface area contributed by atoms with E-state index in [4.69, 9.17) is 11.6 Å². The monoisotopic (exact) mass is 229 g/mol. The predicted octanol–water partition coefficient (Wildman–Crippen LogP) is 3.32. The van der Waals surface area contributed by atoms with E-state index in [2.05, 4.69) is 37.9 Å². The molecular formula is C11H20ClN3. The summed E-state index contributed by atoms with van der Waals surface area (Å²) in [5.74, 6) is 1.00. The molecule has 0 fully saturated rings. The third-order valence-corrected chi connectivity index (χ3v) is 3.08. The Morgan fingerprint density at radius 2 is 1.93 bits per heavy atom. The maximum absolute atomic E-state index is 6.03. The summed E-state index contributed by atoms with van der Waals surface area (Å²) in [6.07, 6.45) is 3.13. The first-order chi connectivity index (χ1) is 7.00. The van der Waals surface area contributed by atoms with Crippen molar-refractivity contribution in [2.45, 2.75) is 53.5 Å². The number of rotatable bonds is 5. The first-order valence-corrected chi connectivity index (χ1v) is 5.95. The standard InChI is InChI=1S/C11H20ClN3/c1-5-7-9-13-14-10(12)15(9)8-11(3,4)6-2/h5-8H2,1-4H3. The fraction of sp³-hybridized carbons (Fsp3) is 0.818. The molecule has 0 radical (unpaired) electrons. The van der Waals surface area contributed by atoms with Crippen LogP contribution in [-0.2, 0) is 13.0 Å². The molecule has 0 aliphatic heterocycles. The van der Waals surface area contributed by atoms with Crippen molar-refractivity contribution in [3.05, 3.63) is 11.1 Å². The summed E-state index contributed by atoms with van der Waals surface area (Å²) >= 11 is 6.03. The molecule has 0 amide bonds. The molecule has 0 saturated carbocycles. The Morgan fingerprint density at radius 3 is 2.47 bits per heavy atom. The van der Waals surface area contributed by atoms with Crippen molar-refractivity contribution in [3.63, 3.8) is 0 Å². The van der Waals surface area contributed by atoms with Crippen LogP contribution in [0.5, 0.6) is 0 Å². The third kappa shape index (κ3) is 3.20. The predicted molar refractivity (Wildman–Crippen MR) is 63.1 cm³/mol. The molecule has 0 aromatic carbocycles. The van der Waals surface area contributed by atoms with Gasteiger partial charge in [-0.25, -0.2) is 0 Å². The Hall–Kier alpha value is -0.570. The van der Waals surface area contributed by atoms with Crippen molar-refractivity contribution in [2.75, 3.05) is 0 Å². The zero-order valence-corrected chi connectivity index (χ0v) is 10.8. The highest BCUT2D eigenvalue weighted by molar-refractivity contribution is 6.28. The van der Waals surface area contributed by atoms with Crippen LogP contribution in [0.25, 0.3) is 0 Å². The van der Waals surface area contributed by atoms with E-state index in [1.165, 1.54) is 0 Å². The molecule has 0 saturated heterocycles. The molecule has 0 atom stereocenters. The van der Waals surface area contributed by atoms with Gasteiger partial charge in [0.1, 0.15) is 5.82 Å². The quantitative estimate of drug-likeness (QED) is 0.776. The van der Waals surface area contributed by atoms with Crippen molar-refractivity contribution < 1.29 is 0 Å². The van der Waals surface area contributed by atoms with Crippen molar-refractivity contribution >= 4 is 11.6 Å². The molecule has 0 aliphatic rings. The largest absolute Gasteiger partial charge is 0.301 e. The highest BCUT2D eigenvalue weighted by atomic mass is 35.5. The Kier molecular flexibility index (Phi) is 4.14. The normalized spacial score (nSPS) is 12.1. The Balaban J connectivity index is 2.87. The summed E-state index contributed by atoms with van der Waals surface area (Å²) in [5, 5.41) is 8.55. The second-order valence-corrected chi connectivity index (χ2v) is 5.08. The van der Waals surface area contributed by atoms with E-state index in [-0.39, 0.29) is 5.41 Å². The molecule has 1 rings (SSSR count). The fourth-order valence-corrected chi connectivity index (χ4v) is 1.61. The maximum Gasteiger partial charge on any atom is 0.225 e. The van der Waals surface area contributed by atoms with Crippen LogP contribution in [0.3, 0.4) is 0 Å². The van der Waals surface area contributed by atoms with Crippen LogP contribution >= 0.6 is 11.6 Å². The van der Waals surface area contributed by atoms with Gasteiger partial charge in [0.2, 0.25) is 5.28 Å². The molecule has 0 unspecified atom stereocenters. The molecule has 1 aromatic heterocycles. The summed E-state index contributed by atoms with van der Waals surface area (Å²) in [6, 6.07) is 0. The van der Waals surface area contributed by atoms with E-state index in [0.717, 1.165) is 31.6 Å². The Labute approximate surface area is 96.8 Å². The van der Waals surface area contributed by atoms with E-state index < -0.39 is 0 Å². The highest BCUT2D eigenvalue weighted by Gasteiger charge is 2.20. The van der Waals surface area contributed by atoms with Gasteiger partial charge in [0.25, 0.3) is 0 Å². The van der Waals surface area contributed by atoms with Crippen LogP contribution in [-0.4, -0.2) is 14.8 Å². The molecule has 4 heteroatoms. The van der Waals surface area contributed by atoms with Crippen molar-refractivity contribution in [3.8, 4) is 0 Å². The second-order valence-electron chi connectivity index (χ2n) is 4.74. The van der Waals surface area contributed by atoms with Crippen LogP contribution in [0.15, 0.2) is 0 Å². The molecule has 0 bridgehead atoms. The van der Waals surface area contributed by atoms with Crippen LogP contribution in [0, 0.1) is 5.41 Å². The average Bonchev–Trinajstić information content (AvgIpc) is 2.50. The lowest BCUT2D eigenvalue weighted by Gasteiger charge is -2.24. The molecular weight excluding hydrogens is 210 g/mol. The minimum atomic E-state index is 0.245. The van der Waals surface area contributed by atoms with E-state index in [1.807, 2.05) is 4.57 Å². The number of halogens is 1. The van der Waals surface area contributed by atoms with Gasteiger partial charge in [-0.1, -0.05) is 27.7 Å². The van der Waals surface area contributed by atoms with Crippen molar-refractivity contribution in [1.82, 2.24) is 14.8 Å². The zero-order chi connectivity index (χ0) is 11.5. The molecule has 1 heterocycles. The van der Waals surface area contributed by atoms with E-state index in [9.17, 15) is 0 Å². The minimum Gasteiger partial charge on any atom is -0.301 e. The van der Waals surface area contributed by atoms with Gasteiger partial charge >= 0.3 is 0 Å². The summed E-state index contributed by atoms with van der Waals surface area (Å²) in [6.45, 7) is 9.69. The summed E-state index contributed by atoms with van der Waals surface area (Å²) < 4.78 is 2.04. The molecule has 15 heavy (non-hydrogen) atoms. The lowest BCUT2D eigenvalue weighted by molar-refractivity contribution is 0.290. The SMILES string of the molecule is CCCc1nnc(Cl)n1CC(C)(C)CC. The Bertz CT molecular complexity index is 318. The van der Waals surface area contributed by atoms with Crippen LogP contribution in [0.2, 0.25) is 5.28 Å². The summed E-state index contributed by atoms with van der Waals surface area (Å²) in [5.41, 5.74) is 0.245. The zero-order valence-electron chi connectivity index (χ0n) is 10.0. The minimum absolute atomic E-state index is 0.245. The van der Waals surface area contributed by atoms with Crippen LogP contribution < -0.4 is 0 Å². The molecule has 0 N–H and O–H groups in total. The lowest BCUT2D eigenvalue weighted by Crippen LogP contribution is -2.20. The Morgan fingerprint density at radius 1 is 1.27 bits per heavy atom. The van der Waals surface area contributed by atoms with Crippen LogP contribution in [0.1, 0.15) is 46.4 Å². The van der Waals surface area contributed by atoms with Crippen molar-refractivity contribution in [1.29, 1.82) is 0 Å². The molecule has 0 spiro atoms. The number of aromatic nitrogens is 3. The lowest BCUT2D eigenvalue weighted by atomic mass is 9.90. The van der Waals surface area contributed by atoms with Gasteiger partial charge in [-0.15, -0.1) is 10.2 Å². The van der Waals surface area contributed by atoms with Gasteiger partial charge in [-0.05, 0) is 29.9 Å². The highest BCUT2D eigenvalue weighted by Crippen LogP contribution is 2.25. The average molecular weight is 230 g/mol. The van der Waals surface area contributed by atoms with Gasteiger partial charge in [-0.2, -0.15) is 0 Å². The van der Waals surface area contributed by atoms with Crippen LogP contribution in [0.4, 0.5) is 0 Å². The first kappa shape index (κ1) is 12.5. The van der Waals surface area contributed by atoms with Gasteiger partial charge < -0.3 is 4.57 Å². The van der Waals surface area contributed by atoms with Gasteiger partial charge in [0, 0.05) is 13.0 Å². The van der Waals surface area contributed by atoms with Crippen molar-refractivity contribution in [2.24, 2.45) is 5.41 Å². The van der Waals surface area contributed by atoms with Gasteiger partial charge in [0.15, 0.2) is 0 Å². The van der Waals surface area contributed by atoms with E-state index in [1.54, 1.807) is 0 Å². The number of aryl methyl sites for hydroxylation is 1. The number of nitrogens with zero attached hydrogens (tertiary/aromatic N) is 3. The van der Waals surface area contributed by atoms with Gasteiger partial charge in [-0.3, -0.25) is 0 Å². The number of hydrogen-bond acceptors (Lipinski definition) is 2.